The lowest BCUT2D eigenvalue weighted by Crippen LogP contribution is -2.15. The number of hydrogen-bond acceptors (Lipinski definition) is 4. The van der Waals surface area contributed by atoms with Gasteiger partial charge in [0.1, 0.15) is 5.69 Å². The number of sulfone groups is 1. The lowest BCUT2D eigenvalue weighted by molar-refractivity contribution is -0.138. The van der Waals surface area contributed by atoms with Crippen molar-refractivity contribution in [2.24, 2.45) is 0 Å². The number of nitrogens with one attached hydrogen (secondary N) is 1. The molecule has 1 aromatic carbocycles. The number of fused-ring (bicyclic) bond motifs is 1. The number of aromatic amines is 1. The van der Waals surface area contributed by atoms with Crippen LogP contribution < -0.4 is 0 Å². The zero-order valence-electron chi connectivity index (χ0n) is 14.9. The van der Waals surface area contributed by atoms with E-state index in [-0.39, 0.29) is 22.3 Å². The highest BCUT2D eigenvalue weighted by Gasteiger charge is 2.38. The fraction of sp³-hybridized carbons (Fsp3) is 0.235. The van der Waals surface area contributed by atoms with Crippen molar-refractivity contribution in [2.75, 3.05) is 5.75 Å². The Morgan fingerprint density at radius 2 is 1.73 bits per heavy atom. The van der Waals surface area contributed by atoms with E-state index in [1.165, 1.54) is 19.1 Å². The van der Waals surface area contributed by atoms with Crippen LogP contribution in [0.2, 0.25) is 0 Å². The lowest BCUT2D eigenvalue weighted by atomic mass is 10.2. The summed E-state index contributed by atoms with van der Waals surface area (Å²) >= 11 is 0. The van der Waals surface area contributed by atoms with Gasteiger partial charge in [0, 0.05) is 22.0 Å². The summed E-state index contributed by atoms with van der Waals surface area (Å²) in [4.78, 5) is 5.19. The summed E-state index contributed by atoms with van der Waals surface area (Å²) in [5.41, 5.74) is -6.28. The van der Waals surface area contributed by atoms with Gasteiger partial charge in [0.05, 0.1) is 21.9 Å². The summed E-state index contributed by atoms with van der Waals surface area (Å²) in [5.74, 6) is -0.488. The van der Waals surface area contributed by atoms with Crippen molar-refractivity contribution in [1.29, 1.82) is 0 Å². The van der Waals surface area contributed by atoms with E-state index in [9.17, 15) is 39.0 Å². The predicted octanol–water partition coefficient (Wildman–Crippen LogP) is 4.67. The summed E-state index contributed by atoms with van der Waals surface area (Å²) in [6.45, 7) is 1.25. The van der Waals surface area contributed by atoms with Crippen molar-refractivity contribution in [3.8, 4) is 11.4 Å². The van der Waals surface area contributed by atoms with Crippen molar-refractivity contribution in [3.05, 3.63) is 42.1 Å². The Bertz CT molecular complexity index is 1250. The van der Waals surface area contributed by atoms with Gasteiger partial charge >= 0.3 is 11.7 Å². The second-order valence-electron chi connectivity index (χ2n) is 6.12. The van der Waals surface area contributed by atoms with Gasteiger partial charge in [-0.15, -0.1) is 0 Å². The molecule has 0 aliphatic rings. The highest BCUT2D eigenvalue weighted by Crippen LogP contribution is 2.35. The first-order chi connectivity index (χ1) is 13.7. The minimum Gasteiger partial charge on any atom is -0.353 e. The third-order valence-corrected chi connectivity index (χ3v) is 7.01. The Morgan fingerprint density at radius 1 is 1.07 bits per heavy atom. The van der Waals surface area contributed by atoms with Gasteiger partial charge in [-0.2, -0.15) is 26.3 Å². The number of alkyl halides is 6. The summed E-state index contributed by atoms with van der Waals surface area (Å²) in [6, 6.07) is 4.89. The molecule has 0 fully saturated rings. The van der Waals surface area contributed by atoms with Gasteiger partial charge < -0.3 is 4.98 Å². The zero-order valence-corrected chi connectivity index (χ0v) is 16.6. The van der Waals surface area contributed by atoms with Crippen LogP contribution in [0.15, 0.2) is 46.3 Å². The summed E-state index contributed by atoms with van der Waals surface area (Å²) < 4.78 is 113. The van der Waals surface area contributed by atoms with E-state index in [0.29, 0.717) is 12.3 Å². The van der Waals surface area contributed by atoms with E-state index in [1.54, 1.807) is 0 Å². The molecule has 0 spiro atoms. The molecule has 0 bridgehead atoms. The van der Waals surface area contributed by atoms with E-state index < -0.39 is 53.4 Å². The first-order valence-electron chi connectivity index (χ1n) is 8.16. The largest absolute Gasteiger partial charge is 0.475 e. The molecule has 162 valence electrons. The Labute approximate surface area is 168 Å². The van der Waals surface area contributed by atoms with Crippen LogP contribution in [-0.4, -0.2) is 33.9 Å². The van der Waals surface area contributed by atoms with E-state index in [0.717, 1.165) is 12.1 Å². The van der Waals surface area contributed by atoms with Crippen molar-refractivity contribution >= 4 is 31.5 Å². The number of H-pyrrole nitrogens is 1. The molecule has 3 aromatic rings. The molecule has 30 heavy (non-hydrogen) atoms. The molecule has 1 atom stereocenters. The molecule has 1 N–H and O–H groups in total. The topological polar surface area (TPSA) is 79.9 Å². The second kappa shape index (κ2) is 7.38. The highest BCUT2D eigenvalue weighted by molar-refractivity contribution is 7.91. The third-order valence-electron chi connectivity index (χ3n) is 4.17. The maximum Gasteiger partial charge on any atom is 0.475 e. The fourth-order valence-corrected chi connectivity index (χ4v) is 4.45. The SMILES string of the molecule is CCS(=O)(=O)c1cc(C(F)(F)F)cnc1-c1cc2cc(S(=O)C(F)(F)F)ccc2[nH]1. The van der Waals surface area contributed by atoms with Crippen LogP contribution in [0.5, 0.6) is 0 Å². The Morgan fingerprint density at radius 3 is 2.30 bits per heavy atom. The van der Waals surface area contributed by atoms with E-state index >= 15 is 0 Å². The van der Waals surface area contributed by atoms with Crippen LogP contribution >= 0.6 is 0 Å². The molecular weight excluding hydrogens is 458 g/mol. The van der Waals surface area contributed by atoms with Crippen LogP contribution in [0, 0.1) is 0 Å². The van der Waals surface area contributed by atoms with E-state index in [2.05, 4.69) is 9.97 Å². The molecule has 0 aliphatic heterocycles. The molecule has 0 saturated heterocycles. The molecule has 2 aromatic heterocycles. The first-order valence-corrected chi connectivity index (χ1v) is 11.0. The standard InChI is InChI=1S/C17H12F6N2O3S2/c1-2-30(27,28)14-7-10(16(18,19)20)8-24-15(14)13-6-9-5-11(3-4-12(9)25-13)29(26)17(21,22)23/h3-8,25H,2H2,1H3. The number of aromatic nitrogens is 2. The molecule has 0 amide bonds. The molecule has 0 saturated carbocycles. The fourth-order valence-electron chi connectivity index (χ4n) is 2.68. The van der Waals surface area contributed by atoms with Crippen molar-refractivity contribution < 1.29 is 39.0 Å². The molecule has 2 heterocycles. The zero-order chi connectivity index (χ0) is 22.5. The number of rotatable bonds is 4. The monoisotopic (exact) mass is 470 g/mol. The quantitative estimate of drug-likeness (QED) is 0.562. The van der Waals surface area contributed by atoms with Crippen molar-refractivity contribution in [2.45, 2.75) is 28.4 Å². The number of benzene rings is 1. The molecule has 13 heteroatoms. The Balaban J connectivity index is 2.19. The Hall–Kier alpha value is -2.41. The normalized spacial score (nSPS) is 14.2. The molecule has 0 radical (unpaired) electrons. The van der Waals surface area contributed by atoms with Gasteiger partial charge in [-0.05, 0) is 30.3 Å². The summed E-state index contributed by atoms with van der Waals surface area (Å²) in [5, 5.41) is 0.154. The van der Waals surface area contributed by atoms with Gasteiger partial charge in [-0.3, -0.25) is 4.98 Å². The minimum absolute atomic E-state index is 0.0132. The Kier molecular flexibility index (Phi) is 5.48. The van der Waals surface area contributed by atoms with Crippen LogP contribution in [0.25, 0.3) is 22.3 Å². The van der Waals surface area contributed by atoms with Crippen LogP contribution in [0.4, 0.5) is 26.3 Å². The van der Waals surface area contributed by atoms with E-state index in [4.69, 9.17) is 0 Å². The minimum atomic E-state index is -4.97. The molecule has 5 nitrogen and oxygen atoms in total. The van der Waals surface area contributed by atoms with Crippen molar-refractivity contribution in [1.82, 2.24) is 9.97 Å². The van der Waals surface area contributed by atoms with Crippen molar-refractivity contribution in [3.63, 3.8) is 0 Å². The molecule has 1 unspecified atom stereocenters. The van der Waals surface area contributed by atoms with Gasteiger partial charge in [0.2, 0.25) is 0 Å². The maximum absolute atomic E-state index is 13.0. The van der Waals surface area contributed by atoms with Gasteiger partial charge in [-0.25, -0.2) is 12.6 Å². The third kappa shape index (κ3) is 4.21. The molecule has 3 rings (SSSR count). The predicted molar refractivity (Wildman–Crippen MR) is 96.7 cm³/mol. The molecular formula is C17H12F6N2O3S2. The first kappa shape index (κ1) is 22.3. The average molecular weight is 470 g/mol. The number of nitrogens with zero attached hydrogens (tertiary/aromatic N) is 1. The second-order valence-corrected chi connectivity index (χ2v) is 9.84. The number of pyridine rings is 1. The highest BCUT2D eigenvalue weighted by atomic mass is 32.2. The number of hydrogen-bond donors (Lipinski definition) is 1. The number of halogens is 6. The summed E-state index contributed by atoms with van der Waals surface area (Å²) in [6.07, 6.45) is -4.35. The van der Waals surface area contributed by atoms with Gasteiger partial charge in [0.15, 0.2) is 20.6 Å². The van der Waals surface area contributed by atoms with Crippen LogP contribution in [0.1, 0.15) is 12.5 Å². The van der Waals surface area contributed by atoms with E-state index in [1.807, 2.05) is 0 Å². The smallest absolute Gasteiger partial charge is 0.353 e. The van der Waals surface area contributed by atoms with Gasteiger partial charge in [-0.1, -0.05) is 6.92 Å². The lowest BCUT2D eigenvalue weighted by Gasteiger charge is -2.12. The van der Waals surface area contributed by atoms with Crippen LogP contribution in [0.3, 0.4) is 0 Å². The van der Waals surface area contributed by atoms with Gasteiger partial charge in [0.25, 0.3) is 0 Å². The molecule has 0 aliphatic carbocycles. The average Bonchev–Trinajstić information content (AvgIpc) is 3.08. The maximum atomic E-state index is 13.0. The van der Waals surface area contributed by atoms with Crippen LogP contribution in [-0.2, 0) is 26.8 Å². The summed E-state index contributed by atoms with van der Waals surface area (Å²) in [7, 11) is -7.39.